The summed E-state index contributed by atoms with van der Waals surface area (Å²) < 4.78 is 40.9. The number of hydrogen-bond acceptors (Lipinski definition) is 3. The van der Waals surface area contributed by atoms with E-state index in [1.54, 1.807) is 18.3 Å². The van der Waals surface area contributed by atoms with Gasteiger partial charge in [0.15, 0.2) is 0 Å². The number of aromatic nitrogens is 1. The van der Waals surface area contributed by atoms with Crippen molar-refractivity contribution < 1.29 is 13.3 Å². The van der Waals surface area contributed by atoms with Gasteiger partial charge < -0.3 is 4.55 Å². The molecule has 1 fully saturated rings. The van der Waals surface area contributed by atoms with Crippen molar-refractivity contribution in [3.05, 3.63) is 29.6 Å². The van der Waals surface area contributed by atoms with Gasteiger partial charge in [-0.2, -0.15) is 0 Å². The summed E-state index contributed by atoms with van der Waals surface area (Å²) in [7, 11) is 0. The molecule has 1 heterocycles. The monoisotopic (exact) mass is 300 g/mol. The third-order valence-electron chi connectivity index (χ3n) is 3.18. The largest absolute Gasteiger partial charge is 0.591 e. The van der Waals surface area contributed by atoms with Crippen LogP contribution in [0.15, 0.2) is 22.7 Å². The third-order valence-corrected chi connectivity index (χ3v) is 4.52. The van der Waals surface area contributed by atoms with Gasteiger partial charge in [-0.25, -0.2) is 8.78 Å². The van der Waals surface area contributed by atoms with Crippen molar-refractivity contribution in [2.24, 2.45) is 4.40 Å². The molecule has 6 heteroatoms. The van der Waals surface area contributed by atoms with Crippen LogP contribution >= 0.6 is 0 Å². The van der Waals surface area contributed by atoms with Gasteiger partial charge in [0.2, 0.25) is 5.92 Å². The molecule has 0 N–H and O–H groups in total. The number of hydrogen-bond donors (Lipinski definition) is 0. The van der Waals surface area contributed by atoms with E-state index in [0.717, 1.165) is 5.56 Å². The van der Waals surface area contributed by atoms with Crippen LogP contribution in [0.5, 0.6) is 0 Å². The lowest BCUT2D eigenvalue weighted by molar-refractivity contribution is -0.0868. The maximum absolute atomic E-state index is 12.8. The van der Waals surface area contributed by atoms with Gasteiger partial charge >= 0.3 is 0 Å². The van der Waals surface area contributed by atoms with E-state index in [1.165, 1.54) is 6.21 Å². The van der Waals surface area contributed by atoms with E-state index in [2.05, 4.69) is 9.38 Å². The second-order valence-corrected chi connectivity index (χ2v) is 8.01. The number of nitrogens with zero attached hydrogens (tertiary/aromatic N) is 2. The SMILES string of the molecule is CC(C)(C)[S@+]([O-])/N=C/c1ccc(C2CC(F)(F)C2)cn1. The van der Waals surface area contributed by atoms with Crippen LogP contribution in [0.2, 0.25) is 0 Å². The van der Waals surface area contributed by atoms with Crippen LogP contribution in [0, 0.1) is 0 Å². The van der Waals surface area contributed by atoms with Crippen LogP contribution in [0.1, 0.15) is 50.8 Å². The first kappa shape index (κ1) is 15.4. The van der Waals surface area contributed by atoms with Gasteiger partial charge in [-0.15, -0.1) is 0 Å². The average Bonchev–Trinajstić information content (AvgIpc) is 2.32. The van der Waals surface area contributed by atoms with E-state index >= 15 is 0 Å². The quantitative estimate of drug-likeness (QED) is 0.634. The Labute approximate surface area is 120 Å². The maximum Gasteiger partial charge on any atom is 0.249 e. The van der Waals surface area contributed by atoms with E-state index in [1.807, 2.05) is 20.8 Å². The Bertz CT molecular complexity index is 489. The standard InChI is InChI=1S/C14H18F2N2OS/c1-13(2,3)20(19)18-9-12-5-4-10(8-17-12)11-6-14(15,16)7-11/h4-5,8-9,11H,6-7H2,1-3H3/b18-9+/t20-/m0/s1. The molecule has 2 rings (SSSR count). The van der Waals surface area contributed by atoms with Gasteiger partial charge in [-0.1, -0.05) is 10.5 Å². The molecule has 0 bridgehead atoms. The summed E-state index contributed by atoms with van der Waals surface area (Å²) in [6, 6.07) is 3.50. The third kappa shape index (κ3) is 3.76. The minimum atomic E-state index is -2.52. The van der Waals surface area contributed by atoms with E-state index in [-0.39, 0.29) is 18.8 Å². The van der Waals surface area contributed by atoms with Crippen molar-refractivity contribution in [1.82, 2.24) is 4.98 Å². The summed E-state index contributed by atoms with van der Waals surface area (Å²) in [5.41, 5.74) is 1.41. The fourth-order valence-electron chi connectivity index (χ4n) is 1.89. The molecular formula is C14H18F2N2OS. The molecule has 0 unspecified atom stereocenters. The van der Waals surface area contributed by atoms with Crippen molar-refractivity contribution in [3.63, 3.8) is 0 Å². The molecular weight excluding hydrogens is 282 g/mol. The summed E-state index contributed by atoms with van der Waals surface area (Å²) in [6.45, 7) is 5.52. The Morgan fingerprint density at radius 3 is 2.50 bits per heavy atom. The van der Waals surface area contributed by atoms with Crippen LogP contribution in [-0.4, -0.2) is 26.4 Å². The van der Waals surface area contributed by atoms with Gasteiger partial charge in [-0.05, 0) is 38.3 Å². The molecule has 1 atom stereocenters. The molecule has 0 aromatic carbocycles. The molecule has 0 radical (unpaired) electrons. The second kappa shape index (κ2) is 5.41. The molecule has 0 amide bonds. The second-order valence-electron chi connectivity index (χ2n) is 6.07. The molecule has 0 aliphatic heterocycles. The fourth-order valence-corrected chi connectivity index (χ4v) is 2.41. The molecule has 1 aromatic rings. The van der Waals surface area contributed by atoms with Crippen molar-refractivity contribution >= 4 is 17.6 Å². The molecule has 1 aliphatic carbocycles. The van der Waals surface area contributed by atoms with Gasteiger partial charge in [0.05, 0.1) is 5.69 Å². The van der Waals surface area contributed by atoms with Gasteiger partial charge in [0.1, 0.15) is 22.3 Å². The van der Waals surface area contributed by atoms with Crippen molar-refractivity contribution in [2.75, 3.05) is 0 Å². The lowest BCUT2D eigenvalue weighted by Crippen LogP contribution is -2.33. The Morgan fingerprint density at radius 1 is 1.40 bits per heavy atom. The number of alkyl halides is 2. The molecule has 110 valence electrons. The Balaban J connectivity index is 1.97. The topological polar surface area (TPSA) is 48.3 Å². The minimum Gasteiger partial charge on any atom is -0.591 e. The van der Waals surface area contributed by atoms with Crippen LogP contribution in [0.4, 0.5) is 8.78 Å². The fraction of sp³-hybridized carbons (Fsp3) is 0.571. The molecule has 3 nitrogen and oxygen atoms in total. The highest BCUT2D eigenvalue weighted by atomic mass is 32.2. The summed E-state index contributed by atoms with van der Waals surface area (Å²) in [5.74, 6) is -2.62. The number of rotatable bonds is 3. The summed E-state index contributed by atoms with van der Waals surface area (Å²) in [4.78, 5) is 4.15. The zero-order chi connectivity index (χ0) is 15.0. The molecule has 0 spiro atoms. The summed E-state index contributed by atoms with van der Waals surface area (Å²) in [6.07, 6.45) is 2.86. The highest BCUT2D eigenvalue weighted by molar-refractivity contribution is 7.91. The van der Waals surface area contributed by atoms with Crippen LogP contribution < -0.4 is 0 Å². The van der Waals surface area contributed by atoms with E-state index in [4.69, 9.17) is 0 Å². The molecule has 1 aromatic heterocycles. The summed E-state index contributed by atoms with van der Waals surface area (Å²) in [5, 5.41) is 0. The zero-order valence-electron chi connectivity index (χ0n) is 11.8. The number of pyridine rings is 1. The van der Waals surface area contributed by atoms with E-state index < -0.39 is 22.0 Å². The van der Waals surface area contributed by atoms with Gasteiger partial charge in [0, 0.05) is 19.0 Å². The first-order chi connectivity index (χ1) is 9.17. The normalized spacial score (nSPS) is 20.9. The lowest BCUT2D eigenvalue weighted by Gasteiger charge is -2.34. The molecule has 1 saturated carbocycles. The lowest BCUT2D eigenvalue weighted by atomic mass is 9.77. The van der Waals surface area contributed by atoms with E-state index in [9.17, 15) is 13.3 Å². The Kier molecular flexibility index (Phi) is 4.16. The van der Waals surface area contributed by atoms with E-state index in [0.29, 0.717) is 5.69 Å². The highest BCUT2D eigenvalue weighted by Gasteiger charge is 2.45. The van der Waals surface area contributed by atoms with Crippen molar-refractivity contribution in [3.8, 4) is 0 Å². The average molecular weight is 300 g/mol. The Morgan fingerprint density at radius 2 is 2.05 bits per heavy atom. The predicted octanol–water partition coefficient (Wildman–Crippen LogP) is 3.48. The van der Waals surface area contributed by atoms with Crippen LogP contribution in [0.3, 0.4) is 0 Å². The van der Waals surface area contributed by atoms with Crippen LogP contribution in [0.25, 0.3) is 0 Å². The smallest absolute Gasteiger partial charge is 0.249 e. The Hall–Kier alpha value is -1.01. The van der Waals surface area contributed by atoms with Crippen LogP contribution in [-0.2, 0) is 11.4 Å². The van der Waals surface area contributed by atoms with Crippen molar-refractivity contribution in [1.29, 1.82) is 0 Å². The number of halogens is 2. The predicted molar refractivity (Wildman–Crippen MR) is 76.6 cm³/mol. The molecule has 1 aliphatic rings. The minimum absolute atomic E-state index is 0.101. The molecule has 0 saturated heterocycles. The zero-order valence-corrected chi connectivity index (χ0v) is 12.6. The maximum atomic E-state index is 12.8. The highest BCUT2D eigenvalue weighted by Crippen LogP contribution is 2.47. The van der Waals surface area contributed by atoms with Crippen molar-refractivity contribution in [2.45, 2.75) is 50.2 Å². The molecule has 20 heavy (non-hydrogen) atoms. The van der Waals surface area contributed by atoms with Gasteiger partial charge in [0.25, 0.3) is 0 Å². The first-order valence-electron chi connectivity index (χ1n) is 6.47. The first-order valence-corrected chi connectivity index (χ1v) is 7.58. The summed E-state index contributed by atoms with van der Waals surface area (Å²) >= 11 is -1.32. The van der Waals surface area contributed by atoms with Gasteiger partial charge in [-0.3, -0.25) is 4.98 Å².